The van der Waals surface area contributed by atoms with Crippen LogP contribution in [0.2, 0.25) is 0 Å². The Morgan fingerprint density at radius 2 is 1.74 bits per heavy atom. The molecule has 0 bridgehead atoms. The summed E-state index contributed by atoms with van der Waals surface area (Å²) in [5, 5.41) is 0. The monoisotopic (exact) mass is 372 g/mol. The summed E-state index contributed by atoms with van der Waals surface area (Å²) in [6.07, 6.45) is 6.36. The van der Waals surface area contributed by atoms with Gasteiger partial charge in [-0.2, -0.15) is 0 Å². The molecule has 2 aliphatic carbocycles. The van der Waals surface area contributed by atoms with Gasteiger partial charge in [-0.05, 0) is 63.0 Å². The van der Waals surface area contributed by atoms with Gasteiger partial charge in [-0.1, -0.05) is 44.4 Å². The van der Waals surface area contributed by atoms with Crippen LogP contribution in [0.3, 0.4) is 0 Å². The van der Waals surface area contributed by atoms with Crippen LogP contribution in [0.1, 0.15) is 74.7 Å². The molecule has 0 aromatic heterocycles. The third kappa shape index (κ3) is 4.20. The minimum Gasteiger partial charge on any atom is -0.465 e. The summed E-state index contributed by atoms with van der Waals surface area (Å²) in [5.41, 5.74) is 0.986. The smallest absolute Gasteiger partial charge is 0.338 e. The van der Waals surface area contributed by atoms with Crippen molar-refractivity contribution < 1.29 is 19.1 Å². The first-order valence-electron chi connectivity index (χ1n) is 10.4. The van der Waals surface area contributed by atoms with Crippen molar-refractivity contribution in [3.63, 3.8) is 0 Å². The number of esters is 2. The van der Waals surface area contributed by atoms with Gasteiger partial charge in [-0.15, -0.1) is 0 Å². The molecule has 2 fully saturated rings. The molecule has 148 valence electrons. The van der Waals surface area contributed by atoms with E-state index in [1.807, 2.05) is 32.9 Å². The van der Waals surface area contributed by atoms with Gasteiger partial charge in [0.2, 0.25) is 0 Å². The van der Waals surface area contributed by atoms with Gasteiger partial charge in [-0.3, -0.25) is 4.79 Å². The Kier molecular flexibility index (Phi) is 6.23. The number of carbonyl (C=O) groups is 2. The lowest BCUT2D eigenvalue weighted by Gasteiger charge is -2.38. The largest absolute Gasteiger partial charge is 0.465 e. The van der Waals surface area contributed by atoms with E-state index in [4.69, 9.17) is 9.47 Å². The molecule has 2 unspecified atom stereocenters. The molecule has 0 amide bonds. The Hall–Kier alpha value is -1.84. The lowest BCUT2D eigenvalue weighted by atomic mass is 9.71. The highest BCUT2D eigenvalue weighted by atomic mass is 16.6. The summed E-state index contributed by atoms with van der Waals surface area (Å²) in [7, 11) is 0. The molecule has 0 spiro atoms. The normalized spacial score (nSPS) is 25.7. The second kappa shape index (κ2) is 8.45. The standard InChI is InChI=1S/C23H32O4/c1-16(2)15-26-22(25)23(19-7-4-5-8-19)14-6-9-20(23)27-21(24)18-12-10-17(3)11-13-18/h10-13,16,19-20H,4-9,14-15H2,1-3H3. The molecule has 2 atom stereocenters. The Balaban J connectivity index is 1.81. The van der Waals surface area contributed by atoms with Crippen molar-refractivity contribution in [3.8, 4) is 0 Å². The van der Waals surface area contributed by atoms with Crippen LogP contribution in [0.25, 0.3) is 0 Å². The molecule has 1 aromatic carbocycles. The van der Waals surface area contributed by atoms with Crippen molar-refractivity contribution in [2.75, 3.05) is 6.61 Å². The van der Waals surface area contributed by atoms with E-state index in [9.17, 15) is 9.59 Å². The van der Waals surface area contributed by atoms with Crippen molar-refractivity contribution in [2.24, 2.45) is 17.3 Å². The van der Waals surface area contributed by atoms with E-state index in [-0.39, 0.29) is 24.0 Å². The van der Waals surface area contributed by atoms with Crippen molar-refractivity contribution in [3.05, 3.63) is 35.4 Å². The quantitative estimate of drug-likeness (QED) is 0.654. The van der Waals surface area contributed by atoms with E-state index in [1.165, 1.54) is 0 Å². The fraction of sp³-hybridized carbons (Fsp3) is 0.652. The number of ether oxygens (including phenoxy) is 2. The molecule has 27 heavy (non-hydrogen) atoms. The van der Waals surface area contributed by atoms with Gasteiger partial charge >= 0.3 is 11.9 Å². The van der Waals surface area contributed by atoms with Crippen LogP contribution in [0.4, 0.5) is 0 Å². The van der Waals surface area contributed by atoms with Gasteiger partial charge in [0.15, 0.2) is 0 Å². The highest BCUT2D eigenvalue weighted by Crippen LogP contribution is 2.52. The van der Waals surface area contributed by atoms with E-state index in [0.29, 0.717) is 18.1 Å². The Labute approximate surface area is 162 Å². The number of benzene rings is 1. The van der Waals surface area contributed by atoms with Gasteiger partial charge < -0.3 is 9.47 Å². The molecule has 0 aliphatic heterocycles. The average Bonchev–Trinajstić information content (AvgIpc) is 3.30. The maximum atomic E-state index is 13.2. The van der Waals surface area contributed by atoms with E-state index < -0.39 is 5.41 Å². The minimum absolute atomic E-state index is 0.151. The Bertz CT molecular complexity index is 657. The molecule has 1 aromatic rings. The van der Waals surface area contributed by atoms with E-state index >= 15 is 0 Å². The summed E-state index contributed by atoms with van der Waals surface area (Å²) in [6.45, 7) is 6.49. The summed E-state index contributed by atoms with van der Waals surface area (Å²) < 4.78 is 11.7. The average molecular weight is 373 g/mol. The molecule has 3 rings (SSSR count). The fourth-order valence-corrected chi connectivity index (χ4v) is 4.73. The predicted molar refractivity (Wildman–Crippen MR) is 104 cm³/mol. The minimum atomic E-state index is -0.661. The first-order chi connectivity index (χ1) is 12.9. The number of hydrogen-bond acceptors (Lipinski definition) is 4. The molecular weight excluding hydrogens is 340 g/mol. The van der Waals surface area contributed by atoms with Crippen molar-refractivity contribution in [2.45, 2.75) is 71.8 Å². The van der Waals surface area contributed by atoms with Crippen LogP contribution in [0.5, 0.6) is 0 Å². The lowest BCUT2D eigenvalue weighted by Crippen LogP contribution is -2.47. The zero-order chi connectivity index (χ0) is 19.4. The Morgan fingerprint density at radius 1 is 1.07 bits per heavy atom. The van der Waals surface area contributed by atoms with Crippen LogP contribution >= 0.6 is 0 Å². The molecule has 0 heterocycles. The number of rotatable bonds is 6. The van der Waals surface area contributed by atoms with Crippen LogP contribution in [-0.2, 0) is 14.3 Å². The summed E-state index contributed by atoms with van der Waals surface area (Å²) in [4.78, 5) is 25.9. The third-order valence-corrected chi connectivity index (χ3v) is 6.18. The maximum absolute atomic E-state index is 13.2. The number of aryl methyl sites for hydroxylation is 1. The molecule has 4 heteroatoms. The molecular formula is C23H32O4. The van der Waals surface area contributed by atoms with Crippen LogP contribution in [-0.4, -0.2) is 24.6 Å². The fourth-order valence-electron chi connectivity index (χ4n) is 4.73. The van der Waals surface area contributed by atoms with Crippen molar-refractivity contribution >= 4 is 11.9 Å². The van der Waals surface area contributed by atoms with Crippen molar-refractivity contribution in [1.82, 2.24) is 0 Å². The Morgan fingerprint density at radius 3 is 2.37 bits per heavy atom. The van der Waals surface area contributed by atoms with Gasteiger partial charge in [0.1, 0.15) is 11.5 Å². The molecule has 2 aliphatic rings. The van der Waals surface area contributed by atoms with E-state index in [0.717, 1.165) is 50.5 Å². The second-order valence-electron chi connectivity index (χ2n) is 8.67. The van der Waals surface area contributed by atoms with Crippen molar-refractivity contribution in [1.29, 1.82) is 0 Å². The van der Waals surface area contributed by atoms with Crippen LogP contribution in [0, 0.1) is 24.2 Å². The lowest BCUT2D eigenvalue weighted by molar-refractivity contribution is -0.168. The zero-order valence-electron chi connectivity index (χ0n) is 16.8. The zero-order valence-corrected chi connectivity index (χ0v) is 16.8. The van der Waals surface area contributed by atoms with Gasteiger partial charge in [0.25, 0.3) is 0 Å². The van der Waals surface area contributed by atoms with E-state index in [2.05, 4.69) is 0 Å². The predicted octanol–water partition coefficient (Wildman–Crippen LogP) is 5.08. The summed E-state index contributed by atoms with van der Waals surface area (Å²) in [5.74, 6) is 0.0725. The number of hydrogen-bond donors (Lipinski definition) is 0. The summed E-state index contributed by atoms with van der Waals surface area (Å²) in [6, 6.07) is 7.40. The summed E-state index contributed by atoms with van der Waals surface area (Å²) >= 11 is 0. The van der Waals surface area contributed by atoms with Gasteiger partial charge in [0.05, 0.1) is 12.2 Å². The van der Waals surface area contributed by atoms with E-state index in [1.54, 1.807) is 12.1 Å². The first-order valence-corrected chi connectivity index (χ1v) is 10.4. The third-order valence-electron chi connectivity index (χ3n) is 6.18. The molecule has 0 N–H and O–H groups in total. The SMILES string of the molecule is Cc1ccc(C(=O)OC2CCCC2(C(=O)OCC(C)C)C2CCCC2)cc1. The van der Waals surface area contributed by atoms with Crippen LogP contribution in [0.15, 0.2) is 24.3 Å². The molecule has 0 saturated heterocycles. The van der Waals surface area contributed by atoms with Gasteiger partial charge in [-0.25, -0.2) is 4.79 Å². The first kappa shape index (κ1) is 19.9. The van der Waals surface area contributed by atoms with Gasteiger partial charge in [0, 0.05) is 0 Å². The maximum Gasteiger partial charge on any atom is 0.338 e. The molecule has 4 nitrogen and oxygen atoms in total. The molecule has 0 radical (unpaired) electrons. The highest BCUT2D eigenvalue weighted by Gasteiger charge is 2.57. The van der Waals surface area contributed by atoms with Crippen LogP contribution < -0.4 is 0 Å². The topological polar surface area (TPSA) is 52.6 Å². The highest BCUT2D eigenvalue weighted by molar-refractivity contribution is 5.90. The second-order valence-corrected chi connectivity index (χ2v) is 8.67. The number of carbonyl (C=O) groups excluding carboxylic acids is 2. The molecule has 2 saturated carbocycles.